The van der Waals surface area contributed by atoms with Gasteiger partial charge in [0.25, 0.3) is 15.9 Å². The summed E-state index contributed by atoms with van der Waals surface area (Å²) >= 11 is 0. The average molecular weight is 496 g/mol. The van der Waals surface area contributed by atoms with E-state index in [1.165, 1.54) is 18.2 Å². The highest BCUT2D eigenvalue weighted by Gasteiger charge is 2.21. The second-order valence-electron chi connectivity index (χ2n) is 8.83. The van der Waals surface area contributed by atoms with Gasteiger partial charge in [-0.25, -0.2) is 13.2 Å². The highest BCUT2D eigenvalue weighted by molar-refractivity contribution is 7.92. The van der Waals surface area contributed by atoms with Crippen LogP contribution in [0.25, 0.3) is 0 Å². The first-order valence-corrected chi connectivity index (χ1v) is 12.5. The predicted octanol–water partition coefficient (Wildman–Crippen LogP) is 3.83. The van der Waals surface area contributed by atoms with Gasteiger partial charge in [-0.2, -0.15) is 0 Å². The van der Waals surface area contributed by atoms with Crippen molar-refractivity contribution in [2.75, 3.05) is 4.72 Å². The Kier molecular flexibility index (Phi) is 7.93. The molecule has 35 heavy (non-hydrogen) atoms. The molecule has 3 aromatic rings. The summed E-state index contributed by atoms with van der Waals surface area (Å²) in [5.74, 6) is -0.888. The van der Waals surface area contributed by atoms with Crippen molar-refractivity contribution in [1.82, 2.24) is 5.32 Å². The van der Waals surface area contributed by atoms with Crippen LogP contribution in [0.4, 0.5) is 5.69 Å². The van der Waals surface area contributed by atoms with Gasteiger partial charge in [0.05, 0.1) is 10.5 Å². The molecular formula is C26H29N3O5S. The summed E-state index contributed by atoms with van der Waals surface area (Å²) in [6, 6.07) is 19.3. The van der Waals surface area contributed by atoms with E-state index in [2.05, 4.69) is 10.0 Å². The topological polar surface area (TPSA) is 128 Å². The van der Waals surface area contributed by atoms with Crippen LogP contribution in [0.15, 0.2) is 77.7 Å². The normalized spacial score (nSPS) is 11.5. The molecule has 0 aliphatic heterocycles. The first kappa shape index (κ1) is 25.9. The van der Waals surface area contributed by atoms with Crippen LogP contribution in [0, 0.1) is 0 Å². The Morgan fingerprint density at radius 1 is 0.943 bits per heavy atom. The van der Waals surface area contributed by atoms with Crippen LogP contribution in [0.3, 0.4) is 0 Å². The predicted molar refractivity (Wildman–Crippen MR) is 134 cm³/mol. The van der Waals surface area contributed by atoms with Gasteiger partial charge in [-0.15, -0.1) is 0 Å². The van der Waals surface area contributed by atoms with Gasteiger partial charge < -0.3 is 15.8 Å². The Balaban J connectivity index is 1.74. The third kappa shape index (κ3) is 6.91. The monoisotopic (exact) mass is 495 g/mol. The largest absolute Gasteiger partial charge is 0.456 e. The SMILES string of the molecule is CC(C)(C)OC(=O)c1cccc(CNC(=O)c2cccc(NS(=O)(=O)c3ccccc3)c2)c1CN. The number of amides is 1. The fourth-order valence-electron chi connectivity index (χ4n) is 3.38. The minimum Gasteiger partial charge on any atom is -0.456 e. The van der Waals surface area contributed by atoms with Gasteiger partial charge in [0.2, 0.25) is 0 Å². The zero-order chi connectivity index (χ0) is 25.6. The lowest BCUT2D eigenvalue weighted by Crippen LogP contribution is -2.27. The van der Waals surface area contributed by atoms with Gasteiger partial charge in [0, 0.05) is 24.3 Å². The molecule has 0 bridgehead atoms. The smallest absolute Gasteiger partial charge is 0.338 e. The number of carbonyl (C=O) groups is 2. The van der Waals surface area contributed by atoms with Gasteiger partial charge in [-0.3, -0.25) is 9.52 Å². The van der Waals surface area contributed by atoms with Crippen molar-refractivity contribution in [1.29, 1.82) is 0 Å². The molecule has 0 unspecified atom stereocenters. The van der Waals surface area contributed by atoms with E-state index in [1.54, 1.807) is 75.4 Å². The molecule has 4 N–H and O–H groups in total. The van der Waals surface area contributed by atoms with E-state index in [0.29, 0.717) is 16.7 Å². The molecule has 0 spiro atoms. The number of esters is 1. The van der Waals surface area contributed by atoms with Crippen molar-refractivity contribution in [3.63, 3.8) is 0 Å². The number of benzene rings is 3. The number of nitrogens with two attached hydrogens (primary N) is 1. The van der Waals surface area contributed by atoms with E-state index in [0.717, 1.165) is 0 Å². The molecule has 0 atom stereocenters. The third-order valence-electron chi connectivity index (χ3n) is 4.97. The van der Waals surface area contributed by atoms with Crippen molar-refractivity contribution in [2.24, 2.45) is 5.73 Å². The van der Waals surface area contributed by atoms with E-state index in [1.807, 2.05) is 0 Å². The molecule has 0 aliphatic carbocycles. The van der Waals surface area contributed by atoms with Gasteiger partial charge >= 0.3 is 5.97 Å². The zero-order valence-electron chi connectivity index (χ0n) is 19.9. The molecule has 0 heterocycles. The van der Waals surface area contributed by atoms with Crippen LogP contribution in [0.2, 0.25) is 0 Å². The third-order valence-corrected chi connectivity index (χ3v) is 6.36. The Morgan fingerprint density at radius 3 is 2.29 bits per heavy atom. The van der Waals surface area contributed by atoms with Gasteiger partial charge in [-0.05, 0) is 68.3 Å². The maximum atomic E-state index is 12.8. The Hall–Kier alpha value is -3.69. The number of nitrogens with one attached hydrogen (secondary N) is 2. The number of anilines is 1. The van der Waals surface area contributed by atoms with Crippen molar-refractivity contribution >= 4 is 27.6 Å². The molecule has 3 aromatic carbocycles. The molecule has 0 fully saturated rings. The van der Waals surface area contributed by atoms with E-state index in [9.17, 15) is 18.0 Å². The summed E-state index contributed by atoms with van der Waals surface area (Å²) in [7, 11) is -3.79. The Bertz CT molecular complexity index is 1320. The number of carbonyl (C=O) groups excluding carboxylic acids is 2. The lowest BCUT2D eigenvalue weighted by Gasteiger charge is -2.21. The fourth-order valence-corrected chi connectivity index (χ4v) is 4.45. The maximum Gasteiger partial charge on any atom is 0.338 e. The summed E-state index contributed by atoms with van der Waals surface area (Å²) in [6.45, 7) is 5.57. The van der Waals surface area contributed by atoms with Gasteiger partial charge in [0.15, 0.2) is 0 Å². The van der Waals surface area contributed by atoms with Crippen LogP contribution >= 0.6 is 0 Å². The van der Waals surface area contributed by atoms with E-state index in [-0.39, 0.29) is 29.2 Å². The molecule has 8 nitrogen and oxygen atoms in total. The van der Waals surface area contributed by atoms with Gasteiger partial charge in [-0.1, -0.05) is 36.4 Å². The minimum absolute atomic E-state index is 0.0946. The fraction of sp³-hybridized carbons (Fsp3) is 0.231. The second kappa shape index (κ2) is 10.7. The van der Waals surface area contributed by atoms with E-state index < -0.39 is 27.5 Å². The summed E-state index contributed by atoms with van der Waals surface area (Å²) in [6.07, 6.45) is 0. The first-order valence-electron chi connectivity index (χ1n) is 11.0. The number of sulfonamides is 1. The lowest BCUT2D eigenvalue weighted by molar-refractivity contribution is 0.00681. The average Bonchev–Trinajstić information content (AvgIpc) is 2.81. The second-order valence-corrected chi connectivity index (χ2v) is 10.5. The van der Waals surface area contributed by atoms with Crippen LogP contribution in [-0.2, 0) is 27.8 Å². The molecule has 9 heteroatoms. The van der Waals surface area contributed by atoms with Crippen molar-refractivity contribution < 1.29 is 22.7 Å². The van der Waals surface area contributed by atoms with E-state index in [4.69, 9.17) is 10.5 Å². The lowest BCUT2D eigenvalue weighted by atomic mass is 10.0. The molecular weight excluding hydrogens is 466 g/mol. The zero-order valence-corrected chi connectivity index (χ0v) is 20.7. The minimum atomic E-state index is -3.79. The van der Waals surface area contributed by atoms with Crippen LogP contribution in [-0.4, -0.2) is 25.9 Å². The van der Waals surface area contributed by atoms with Crippen molar-refractivity contribution in [2.45, 2.75) is 44.4 Å². The molecule has 0 radical (unpaired) electrons. The number of hydrogen-bond donors (Lipinski definition) is 3. The summed E-state index contributed by atoms with van der Waals surface area (Å²) < 4.78 is 33.1. The first-order chi connectivity index (χ1) is 16.5. The summed E-state index contributed by atoms with van der Waals surface area (Å²) in [4.78, 5) is 25.5. The molecule has 0 saturated heterocycles. The highest BCUT2D eigenvalue weighted by atomic mass is 32.2. The highest BCUT2D eigenvalue weighted by Crippen LogP contribution is 2.20. The number of ether oxygens (including phenoxy) is 1. The number of hydrogen-bond acceptors (Lipinski definition) is 6. The summed E-state index contributed by atoms with van der Waals surface area (Å²) in [5, 5.41) is 2.80. The van der Waals surface area contributed by atoms with Gasteiger partial charge in [0.1, 0.15) is 5.60 Å². The van der Waals surface area contributed by atoms with Crippen molar-refractivity contribution in [3.05, 3.63) is 95.1 Å². The van der Waals surface area contributed by atoms with Crippen molar-refractivity contribution in [3.8, 4) is 0 Å². The Morgan fingerprint density at radius 2 is 1.63 bits per heavy atom. The maximum absolute atomic E-state index is 12.8. The van der Waals surface area contributed by atoms with Crippen LogP contribution in [0.1, 0.15) is 52.6 Å². The molecule has 3 rings (SSSR count). The molecule has 0 aliphatic rings. The Labute approximate surface area is 205 Å². The molecule has 0 aromatic heterocycles. The quantitative estimate of drug-likeness (QED) is 0.408. The summed E-state index contributed by atoms with van der Waals surface area (Å²) in [5.41, 5.74) is 7.42. The van der Waals surface area contributed by atoms with Crippen LogP contribution in [0.5, 0.6) is 0 Å². The molecule has 184 valence electrons. The van der Waals surface area contributed by atoms with E-state index >= 15 is 0 Å². The molecule has 0 saturated carbocycles. The standard InChI is InChI=1S/C26H29N3O5S/c1-26(2,3)34-25(31)22-14-8-10-19(23(22)16-27)17-28-24(30)18-9-7-11-20(15-18)29-35(32,33)21-12-5-4-6-13-21/h4-15,29H,16-17,27H2,1-3H3,(H,28,30). The number of rotatable bonds is 8. The van der Waals surface area contributed by atoms with Crippen LogP contribution < -0.4 is 15.8 Å². The molecule has 1 amide bonds.